The molecule has 1 unspecified atom stereocenters. The van der Waals surface area contributed by atoms with Gasteiger partial charge in [-0.15, -0.1) is 0 Å². The second-order valence-electron chi connectivity index (χ2n) is 3.25. The lowest BCUT2D eigenvalue weighted by atomic mass is 10.2. The van der Waals surface area contributed by atoms with Crippen LogP contribution in [0, 0.1) is 0 Å². The van der Waals surface area contributed by atoms with Crippen LogP contribution in [0.15, 0.2) is 48.3 Å². The van der Waals surface area contributed by atoms with E-state index in [2.05, 4.69) is 58.0 Å². The Morgan fingerprint density at radius 3 is 2.57 bits per heavy atom. The molecule has 14 heavy (non-hydrogen) atoms. The van der Waals surface area contributed by atoms with Crippen molar-refractivity contribution in [3.63, 3.8) is 0 Å². The van der Waals surface area contributed by atoms with Crippen molar-refractivity contribution < 1.29 is 0 Å². The number of hydrogen-bond donors (Lipinski definition) is 0. The molecule has 0 saturated heterocycles. The predicted octanol–water partition coefficient (Wildman–Crippen LogP) is 3.95. The van der Waals surface area contributed by atoms with E-state index in [9.17, 15) is 0 Å². The summed E-state index contributed by atoms with van der Waals surface area (Å²) in [4.78, 5) is 0. The summed E-state index contributed by atoms with van der Waals surface area (Å²) < 4.78 is 2.19. The molecule has 0 amide bonds. The third-order valence-corrected chi connectivity index (χ3v) is 2.74. The van der Waals surface area contributed by atoms with E-state index in [0.717, 1.165) is 5.33 Å². The van der Waals surface area contributed by atoms with Crippen LogP contribution in [0.2, 0.25) is 0 Å². The number of hydrogen-bond acceptors (Lipinski definition) is 0. The lowest BCUT2D eigenvalue weighted by molar-refractivity contribution is 0.662. The molecule has 0 aliphatic heterocycles. The monoisotopic (exact) mass is 253 g/mol. The van der Waals surface area contributed by atoms with Crippen LogP contribution in [0.1, 0.15) is 19.9 Å². The highest BCUT2D eigenvalue weighted by atomic mass is 79.9. The molecule has 1 aromatic rings. The first-order chi connectivity index (χ1) is 6.77. The highest BCUT2D eigenvalue weighted by Gasteiger charge is 1.99. The summed E-state index contributed by atoms with van der Waals surface area (Å²) in [5, 5.41) is 0.906. The van der Waals surface area contributed by atoms with Crippen molar-refractivity contribution in [2.24, 2.45) is 0 Å². The van der Waals surface area contributed by atoms with Gasteiger partial charge in [0.1, 0.15) is 0 Å². The van der Waals surface area contributed by atoms with E-state index in [1.165, 1.54) is 5.57 Å². The molecule has 0 aliphatic rings. The van der Waals surface area contributed by atoms with Crippen LogP contribution in [0.3, 0.4) is 0 Å². The molecule has 0 aliphatic carbocycles. The van der Waals surface area contributed by atoms with Crippen LogP contribution in [0.25, 0.3) is 0 Å². The summed E-state index contributed by atoms with van der Waals surface area (Å²) >= 11 is 3.48. The molecule has 2 heteroatoms. The van der Waals surface area contributed by atoms with Crippen molar-refractivity contribution in [2.45, 2.75) is 19.9 Å². The first-order valence-corrected chi connectivity index (χ1v) is 5.92. The normalized spacial score (nSPS) is 14.9. The summed E-state index contributed by atoms with van der Waals surface area (Å²) in [7, 11) is 0. The van der Waals surface area contributed by atoms with Crippen molar-refractivity contribution in [2.75, 3.05) is 5.33 Å². The molecule has 1 heterocycles. The number of alkyl halides is 1. The molecular weight excluding hydrogens is 238 g/mol. The second-order valence-corrected chi connectivity index (χ2v) is 3.81. The van der Waals surface area contributed by atoms with Crippen molar-refractivity contribution in [1.29, 1.82) is 0 Å². The number of rotatable bonds is 4. The van der Waals surface area contributed by atoms with Crippen LogP contribution in [0.4, 0.5) is 0 Å². The van der Waals surface area contributed by atoms with Crippen molar-refractivity contribution in [3.8, 4) is 0 Å². The quantitative estimate of drug-likeness (QED) is 0.566. The molecule has 1 atom stereocenters. The maximum absolute atomic E-state index is 3.48. The summed E-state index contributed by atoms with van der Waals surface area (Å²) in [6.45, 7) is 4.23. The van der Waals surface area contributed by atoms with E-state index in [4.69, 9.17) is 0 Å². The zero-order chi connectivity index (χ0) is 10.4. The molecule has 0 aromatic carbocycles. The van der Waals surface area contributed by atoms with E-state index in [-0.39, 0.29) is 0 Å². The highest BCUT2D eigenvalue weighted by molar-refractivity contribution is 9.09. The number of allylic oxidation sites excluding steroid dienone is 4. The molecule has 0 bridgehead atoms. The summed E-state index contributed by atoms with van der Waals surface area (Å²) in [6, 6.07) is 4.51. The molecular formula is C12H16BrN. The fraction of sp³-hybridized carbons (Fsp3) is 0.333. The zero-order valence-electron chi connectivity index (χ0n) is 8.65. The minimum Gasteiger partial charge on any atom is -0.348 e. The Hall–Kier alpha value is -0.760. The van der Waals surface area contributed by atoms with Gasteiger partial charge in [-0.3, -0.25) is 0 Å². The van der Waals surface area contributed by atoms with Crippen LogP contribution in [0.5, 0.6) is 0 Å². The van der Waals surface area contributed by atoms with Crippen LogP contribution < -0.4 is 0 Å². The van der Waals surface area contributed by atoms with Gasteiger partial charge in [0.25, 0.3) is 0 Å². The Bertz CT molecular complexity index is 309. The van der Waals surface area contributed by atoms with Crippen LogP contribution in [-0.4, -0.2) is 9.90 Å². The van der Waals surface area contributed by atoms with E-state index in [0.29, 0.717) is 6.04 Å². The van der Waals surface area contributed by atoms with Gasteiger partial charge in [0.05, 0.1) is 0 Å². The maximum Gasteiger partial charge on any atom is 0.0488 e. The van der Waals surface area contributed by atoms with E-state index in [1.807, 2.05) is 19.1 Å². The Morgan fingerprint density at radius 2 is 2.07 bits per heavy atom. The number of aromatic nitrogens is 1. The SMILES string of the molecule is C/C=C\C(=C/C(C)n1cccc1)CBr. The lowest BCUT2D eigenvalue weighted by Gasteiger charge is -2.09. The van der Waals surface area contributed by atoms with Crippen molar-refractivity contribution in [1.82, 2.24) is 4.57 Å². The number of halogens is 1. The number of nitrogens with zero attached hydrogens (tertiary/aromatic N) is 1. The van der Waals surface area contributed by atoms with E-state index in [1.54, 1.807) is 0 Å². The van der Waals surface area contributed by atoms with Crippen LogP contribution >= 0.6 is 15.9 Å². The molecule has 1 aromatic heterocycles. The highest BCUT2D eigenvalue weighted by Crippen LogP contribution is 2.12. The first kappa shape index (κ1) is 11.3. The Kier molecular flexibility index (Phi) is 4.74. The topological polar surface area (TPSA) is 4.93 Å². The van der Waals surface area contributed by atoms with Gasteiger partial charge in [0.15, 0.2) is 0 Å². The minimum absolute atomic E-state index is 0.411. The van der Waals surface area contributed by atoms with Crippen LogP contribution in [-0.2, 0) is 0 Å². The van der Waals surface area contributed by atoms with Crippen molar-refractivity contribution in [3.05, 3.63) is 48.3 Å². The van der Waals surface area contributed by atoms with Gasteiger partial charge in [-0.1, -0.05) is 34.2 Å². The van der Waals surface area contributed by atoms with Gasteiger partial charge in [0.2, 0.25) is 0 Å². The minimum atomic E-state index is 0.411. The molecule has 0 fully saturated rings. The molecule has 0 saturated carbocycles. The Balaban J connectivity index is 2.74. The summed E-state index contributed by atoms with van der Waals surface area (Å²) in [6.07, 6.45) is 10.6. The first-order valence-electron chi connectivity index (χ1n) is 4.79. The summed E-state index contributed by atoms with van der Waals surface area (Å²) in [5.74, 6) is 0. The molecule has 1 nitrogen and oxygen atoms in total. The summed E-state index contributed by atoms with van der Waals surface area (Å²) in [5.41, 5.74) is 1.31. The molecule has 0 spiro atoms. The van der Waals surface area contributed by atoms with Gasteiger partial charge < -0.3 is 4.57 Å². The van der Waals surface area contributed by atoms with Gasteiger partial charge >= 0.3 is 0 Å². The fourth-order valence-electron chi connectivity index (χ4n) is 1.37. The fourth-order valence-corrected chi connectivity index (χ4v) is 1.75. The standard InChI is InChI=1S/C12H16BrN/c1-3-6-12(10-13)9-11(2)14-7-4-5-8-14/h3-9,11H,10H2,1-2H3/b6-3-,12-9+. The van der Waals surface area contributed by atoms with Crippen molar-refractivity contribution >= 4 is 15.9 Å². The molecule has 0 N–H and O–H groups in total. The third-order valence-electron chi connectivity index (χ3n) is 2.09. The average molecular weight is 254 g/mol. The predicted molar refractivity (Wildman–Crippen MR) is 65.8 cm³/mol. The molecule has 0 radical (unpaired) electrons. The maximum atomic E-state index is 3.48. The lowest BCUT2D eigenvalue weighted by Crippen LogP contribution is -1.99. The zero-order valence-corrected chi connectivity index (χ0v) is 10.2. The third kappa shape index (κ3) is 3.18. The average Bonchev–Trinajstić information content (AvgIpc) is 2.69. The van der Waals surface area contributed by atoms with Gasteiger partial charge in [-0.2, -0.15) is 0 Å². The smallest absolute Gasteiger partial charge is 0.0488 e. The largest absolute Gasteiger partial charge is 0.348 e. The molecule has 76 valence electrons. The Labute approximate surface area is 94.3 Å². The van der Waals surface area contributed by atoms with E-state index < -0.39 is 0 Å². The van der Waals surface area contributed by atoms with Gasteiger partial charge in [-0.05, 0) is 31.6 Å². The second kappa shape index (κ2) is 5.86. The van der Waals surface area contributed by atoms with Gasteiger partial charge in [-0.25, -0.2) is 0 Å². The van der Waals surface area contributed by atoms with Gasteiger partial charge in [0, 0.05) is 23.8 Å². The van der Waals surface area contributed by atoms with E-state index >= 15 is 0 Å². The molecule has 1 rings (SSSR count). The Morgan fingerprint density at radius 1 is 1.43 bits per heavy atom.